The van der Waals surface area contributed by atoms with Gasteiger partial charge in [0.05, 0.1) is 0 Å². The van der Waals surface area contributed by atoms with E-state index in [0.29, 0.717) is 0 Å². The molecule has 0 amide bonds. The second-order valence-corrected chi connectivity index (χ2v) is 11.4. The number of rotatable bonds is 14. The van der Waals surface area contributed by atoms with E-state index in [1.807, 2.05) is 17.7 Å². The molecule has 0 fully saturated rings. The number of hydrogen-bond donors (Lipinski definition) is 0. The topological polar surface area (TPSA) is 0 Å². The summed E-state index contributed by atoms with van der Waals surface area (Å²) in [7, 11) is 0. The minimum atomic E-state index is -0.663. The predicted molar refractivity (Wildman–Crippen MR) is 118 cm³/mol. The summed E-state index contributed by atoms with van der Waals surface area (Å²) in [6.07, 6.45) is 24.0. The first-order valence-electron chi connectivity index (χ1n) is 11.8. The molecule has 0 radical (unpaired) electrons. The molecule has 0 saturated carbocycles. The molecule has 2 aliphatic rings. The van der Waals surface area contributed by atoms with E-state index >= 15 is 0 Å². The van der Waals surface area contributed by atoms with Crippen LogP contribution in [-0.2, 0) is 23.2 Å². The van der Waals surface area contributed by atoms with Crippen molar-refractivity contribution < 1.29 is 23.2 Å². The van der Waals surface area contributed by atoms with Crippen LogP contribution in [0.2, 0.25) is 0 Å². The monoisotopic (exact) mass is 444 g/mol. The SMILES string of the molecule is CCCCC1=CCC(CCCC)=[C]1[Zr][C]1=C(CCCC)CC=C1CCCC. The fraction of sp³-hybridized carbons (Fsp3) is 0.692. The number of hydrogen-bond acceptors (Lipinski definition) is 0. The van der Waals surface area contributed by atoms with Crippen LogP contribution in [0.15, 0.2) is 41.0 Å². The Hall–Kier alpha value is -0.157. The molecule has 0 aliphatic heterocycles. The fourth-order valence-electron chi connectivity index (χ4n) is 4.24. The van der Waals surface area contributed by atoms with E-state index in [9.17, 15) is 0 Å². The van der Waals surface area contributed by atoms with Crippen LogP contribution in [0.3, 0.4) is 0 Å². The quantitative estimate of drug-likeness (QED) is 0.250. The van der Waals surface area contributed by atoms with Gasteiger partial charge in [0.2, 0.25) is 0 Å². The summed E-state index contributed by atoms with van der Waals surface area (Å²) in [6.45, 7) is 9.36. The van der Waals surface area contributed by atoms with Crippen molar-refractivity contribution in [2.75, 3.05) is 0 Å². The van der Waals surface area contributed by atoms with Crippen molar-refractivity contribution in [2.24, 2.45) is 0 Å². The van der Waals surface area contributed by atoms with Gasteiger partial charge < -0.3 is 0 Å². The van der Waals surface area contributed by atoms with E-state index in [0.717, 1.165) is 0 Å². The molecule has 0 bridgehead atoms. The van der Waals surface area contributed by atoms with Crippen molar-refractivity contribution in [1.82, 2.24) is 0 Å². The van der Waals surface area contributed by atoms with Gasteiger partial charge in [-0.25, -0.2) is 0 Å². The summed E-state index contributed by atoms with van der Waals surface area (Å²) in [5, 5.41) is 0. The van der Waals surface area contributed by atoms with Crippen molar-refractivity contribution >= 4 is 0 Å². The van der Waals surface area contributed by atoms with Crippen LogP contribution in [0.4, 0.5) is 0 Å². The van der Waals surface area contributed by atoms with E-state index in [4.69, 9.17) is 0 Å². The fourth-order valence-corrected chi connectivity index (χ4v) is 8.75. The molecule has 2 rings (SSSR count). The summed E-state index contributed by atoms with van der Waals surface area (Å²) >= 11 is -0.663. The Morgan fingerprint density at radius 1 is 0.593 bits per heavy atom. The second-order valence-electron chi connectivity index (χ2n) is 8.36. The normalized spacial score (nSPS) is 17.0. The van der Waals surface area contributed by atoms with Gasteiger partial charge in [0.25, 0.3) is 0 Å². The molecule has 0 unspecified atom stereocenters. The van der Waals surface area contributed by atoms with Crippen LogP contribution in [-0.4, -0.2) is 0 Å². The molecular formula is C26H42Zr. The predicted octanol–water partition coefficient (Wildman–Crippen LogP) is 9.00. The Balaban J connectivity index is 2.23. The first-order valence-corrected chi connectivity index (χ1v) is 14.3. The Labute approximate surface area is 181 Å². The summed E-state index contributed by atoms with van der Waals surface area (Å²) < 4.78 is 3.85. The van der Waals surface area contributed by atoms with Gasteiger partial charge >= 0.3 is 182 Å². The first kappa shape index (κ1) is 23.1. The van der Waals surface area contributed by atoms with E-state index in [1.54, 1.807) is 11.1 Å². The van der Waals surface area contributed by atoms with Gasteiger partial charge in [-0.05, 0) is 0 Å². The Morgan fingerprint density at radius 3 is 1.33 bits per heavy atom. The van der Waals surface area contributed by atoms with Crippen LogP contribution in [0, 0.1) is 0 Å². The molecule has 27 heavy (non-hydrogen) atoms. The van der Waals surface area contributed by atoms with E-state index in [-0.39, 0.29) is 0 Å². The van der Waals surface area contributed by atoms with Gasteiger partial charge in [-0.1, -0.05) is 0 Å². The third kappa shape index (κ3) is 6.99. The minimum absolute atomic E-state index is 0.663. The zero-order valence-electron chi connectivity index (χ0n) is 18.6. The van der Waals surface area contributed by atoms with Crippen LogP contribution in [0.5, 0.6) is 0 Å². The first-order chi connectivity index (χ1) is 13.2. The van der Waals surface area contributed by atoms with Gasteiger partial charge in [0.1, 0.15) is 0 Å². The number of unbranched alkanes of at least 4 members (excludes halogenated alkanes) is 4. The van der Waals surface area contributed by atoms with Crippen LogP contribution in [0.25, 0.3) is 0 Å². The second kappa shape index (κ2) is 13.1. The van der Waals surface area contributed by atoms with Crippen molar-refractivity contribution in [1.29, 1.82) is 0 Å². The summed E-state index contributed by atoms with van der Waals surface area (Å²) in [4.78, 5) is 0. The van der Waals surface area contributed by atoms with Crippen molar-refractivity contribution in [3.05, 3.63) is 41.0 Å². The molecule has 0 N–H and O–H groups in total. The molecule has 0 aromatic heterocycles. The molecule has 0 spiro atoms. The molecule has 150 valence electrons. The maximum absolute atomic E-state index is 2.62. The van der Waals surface area contributed by atoms with Crippen LogP contribution >= 0.6 is 0 Å². The zero-order chi connectivity index (χ0) is 19.5. The third-order valence-electron chi connectivity index (χ3n) is 6.05. The van der Waals surface area contributed by atoms with Gasteiger partial charge in [0, 0.05) is 0 Å². The zero-order valence-corrected chi connectivity index (χ0v) is 21.0. The van der Waals surface area contributed by atoms with Crippen molar-refractivity contribution in [3.8, 4) is 0 Å². The third-order valence-corrected chi connectivity index (χ3v) is 10.6. The van der Waals surface area contributed by atoms with E-state index in [2.05, 4.69) is 39.8 Å². The molecule has 0 aromatic rings. The summed E-state index contributed by atoms with van der Waals surface area (Å²) in [5.74, 6) is 0. The van der Waals surface area contributed by atoms with E-state index < -0.39 is 23.2 Å². The van der Waals surface area contributed by atoms with Crippen molar-refractivity contribution in [3.63, 3.8) is 0 Å². The van der Waals surface area contributed by atoms with Crippen molar-refractivity contribution in [2.45, 2.75) is 118 Å². The molecule has 0 saturated heterocycles. The van der Waals surface area contributed by atoms with Gasteiger partial charge in [-0.3, -0.25) is 0 Å². The van der Waals surface area contributed by atoms with E-state index in [1.165, 1.54) is 89.9 Å². The summed E-state index contributed by atoms with van der Waals surface area (Å²) in [6, 6.07) is 0. The average molecular weight is 446 g/mol. The Kier molecular flexibility index (Phi) is 11.3. The average Bonchev–Trinajstić information content (AvgIpc) is 3.25. The molecule has 2 aliphatic carbocycles. The van der Waals surface area contributed by atoms with Crippen LogP contribution in [0.1, 0.15) is 118 Å². The molecule has 1 heteroatoms. The maximum atomic E-state index is 2.62. The van der Waals surface area contributed by atoms with Gasteiger partial charge in [-0.15, -0.1) is 0 Å². The molecule has 0 aromatic carbocycles. The van der Waals surface area contributed by atoms with Gasteiger partial charge in [0.15, 0.2) is 0 Å². The molecular weight excluding hydrogens is 404 g/mol. The molecule has 0 nitrogen and oxygen atoms in total. The number of allylic oxidation sites excluding steroid dienone is 8. The van der Waals surface area contributed by atoms with Crippen LogP contribution < -0.4 is 0 Å². The molecule has 0 heterocycles. The Morgan fingerprint density at radius 2 is 0.963 bits per heavy atom. The van der Waals surface area contributed by atoms with Gasteiger partial charge in [-0.2, -0.15) is 0 Å². The Bertz CT molecular complexity index is 533. The standard InChI is InChI=1S/2C13H21.Zr/c2*1-3-5-7-12-9-10-13(11-12)8-6-4-2;/h2*9H,3-8,10H2,1-2H3;. The summed E-state index contributed by atoms with van der Waals surface area (Å²) in [5.41, 5.74) is 7.24. The molecule has 0 atom stereocenters.